The SMILES string of the molecule is CC[C@@]12C=CO[C@H](c3ccc(C)cc3)[C@@]13OCC[C@H]32. The summed E-state index contributed by atoms with van der Waals surface area (Å²) >= 11 is 0. The summed E-state index contributed by atoms with van der Waals surface area (Å²) in [6.45, 7) is 5.27. The quantitative estimate of drug-likeness (QED) is 0.802. The van der Waals surface area contributed by atoms with E-state index in [2.05, 4.69) is 44.2 Å². The third-order valence-corrected chi connectivity index (χ3v) is 5.47. The molecule has 1 aromatic carbocycles. The van der Waals surface area contributed by atoms with Crippen molar-refractivity contribution in [2.24, 2.45) is 11.3 Å². The van der Waals surface area contributed by atoms with Crippen LogP contribution >= 0.6 is 0 Å². The third-order valence-electron chi connectivity index (χ3n) is 5.47. The first-order chi connectivity index (χ1) is 9.24. The smallest absolute Gasteiger partial charge is 0.153 e. The van der Waals surface area contributed by atoms with E-state index in [1.807, 2.05) is 6.26 Å². The van der Waals surface area contributed by atoms with Gasteiger partial charge in [0.2, 0.25) is 0 Å². The van der Waals surface area contributed by atoms with Gasteiger partial charge in [0.05, 0.1) is 6.26 Å². The average molecular weight is 256 g/mol. The van der Waals surface area contributed by atoms with Crippen LogP contribution in [0.5, 0.6) is 0 Å². The van der Waals surface area contributed by atoms with Gasteiger partial charge in [0.15, 0.2) is 6.10 Å². The predicted molar refractivity (Wildman–Crippen MR) is 73.7 cm³/mol. The van der Waals surface area contributed by atoms with Crippen molar-refractivity contribution in [3.05, 3.63) is 47.7 Å². The van der Waals surface area contributed by atoms with Crippen molar-refractivity contribution in [3.63, 3.8) is 0 Å². The maximum absolute atomic E-state index is 6.23. The molecule has 0 bridgehead atoms. The van der Waals surface area contributed by atoms with Crippen molar-refractivity contribution in [1.29, 1.82) is 0 Å². The van der Waals surface area contributed by atoms with Crippen molar-refractivity contribution < 1.29 is 9.47 Å². The number of hydrogen-bond donors (Lipinski definition) is 0. The molecule has 3 aliphatic rings. The Hall–Kier alpha value is -1.28. The van der Waals surface area contributed by atoms with E-state index < -0.39 is 0 Å². The van der Waals surface area contributed by atoms with E-state index >= 15 is 0 Å². The number of ether oxygens (including phenoxy) is 2. The molecule has 2 aliphatic heterocycles. The van der Waals surface area contributed by atoms with Gasteiger partial charge in [-0.25, -0.2) is 0 Å². The molecule has 0 aromatic heterocycles. The van der Waals surface area contributed by atoms with E-state index in [9.17, 15) is 0 Å². The van der Waals surface area contributed by atoms with E-state index in [1.165, 1.54) is 17.5 Å². The molecule has 1 saturated heterocycles. The second-order valence-electron chi connectivity index (χ2n) is 6.11. The zero-order chi connectivity index (χ0) is 13.1. The highest BCUT2D eigenvalue weighted by Gasteiger charge is 2.82. The Morgan fingerprint density at radius 2 is 2.05 bits per heavy atom. The van der Waals surface area contributed by atoms with Gasteiger partial charge >= 0.3 is 0 Å². The minimum atomic E-state index is -0.0915. The molecule has 2 heteroatoms. The largest absolute Gasteiger partial charge is 0.491 e. The fourth-order valence-electron chi connectivity index (χ4n) is 4.49. The topological polar surface area (TPSA) is 18.5 Å². The van der Waals surface area contributed by atoms with Gasteiger partial charge in [-0.2, -0.15) is 0 Å². The Labute approximate surface area is 114 Å². The van der Waals surface area contributed by atoms with Crippen LogP contribution in [0.15, 0.2) is 36.6 Å². The molecule has 0 amide bonds. The summed E-state index contributed by atoms with van der Waals surface area (Å²) in [6, 6.07) is 8.69. The Morgan fingerprint density at radius 1 is 1.26 bits per heavy atom. The molecule has 100 valence electrons. The number of fused-ring (bicyclic) bond motifs is 1. The molecule has 2 heterocycles. The molecule has 1 saturated carbocycles. The highest BCUT2D eigenvalue weighted by molar-refractivity contribution is 5.41. The van der Waals surface area contributed by atoms with Gasteiger partial charge in [0.1, 0.15) is 5.60 Å². The summed E-state index contributed by atoms with van der Waals surface area (Å²) in [5, 5.41) is 0. The summed E-state index contributed by atoms with van der Waals surface area (Å²) in [6.07, 6.45) is 6.53. The summed E-state index contributed by atoms with van der Waals surface area (Å²) in [5.41, 5.74) is 2.66. The van der Waals surface area contributed by atoms with Crippen molar-refractivity contribution in [3.8, 4) is 0 Å². The molecule has 4 atom stereocenters. The summed E-state index contributed by atoms with van der Waals surface area (Å²) < 4.78 is 12.2. The van der Waals surface area contributed by atoms with E-state index in [4.69, 9.17) is 9.47 Å². The van der Waals surface area contributed by atoms with E-state index in [0.717, 1.165) is 13.0 Å². The third kappa shape index (κ3) is 1.21. The van der Waals surface area contributed by atoms with Gasteiger partial charge in [0, 0.05) is 17.9 Å². The fraction of sp³-hybridized carbons (Fsp3) is 0.529. The van der Waals surface area contributed by atoms with Gasteiger partial charge < -0.3 is 9.47 Å². The van der Waals surface area contributed by atoms with Gasteiger partial charge in [-0.3, -0.25) is 0 Å². The van der Waals surface area contributed by atoms with Crippen LogP contribution in [0.3, 0.4) is 0 Å². The van der Waals surface area contributed by atoms with Crippen LogP contribution in [0.1, 0.15) is 37.0 Å². The average Bonchev–Trinajstić information content (AvgIpc) is 2.76. The van der Waals surface area contributed by atoms with Gasteiger partial charge in [-0.1, -0.05) is 36.8 Å². The normalized spacial score (nSPS) is 42.4. The molecule has 2 nitrogen and oxygen atoms in total. The van der Waals surface area contributed by atoms with Crippen molar-refractivity contribution in [1.82, 2.24) is 0 Å². The predicted octanol–water partition coefficient (Wildman–Crippen LogP) is 3.77. The lowest BCUT2D eigenvalue weighted by molar-refractivity contribution is -0.0786. The van der Waals surface area contributed by atoms with Crippen LogP contribution < -0.4 is 0 Å². The lowest BCUT2D eigenvalue weighted by Crippen LogP contribution is -2.33. The van der Waals surface area contributed by atoms with E-state index in [1.54, 1.807) is 0 Å². The summed E-state index contributed by atoms with van der Waals surface area (Å²) in [7, 11) is 0. The second-order valence-corrected chi connectivity index (χ2v) is 6.11. The zero-order valence-corrected chi connectivity index (χ0v) is 11.6. The van der Waals surface area contributed by atoms with Crippen LogP contribution in [0.2, 0.25) is 0 Å². The number of benzene rings is 1. The first-order valence-corrected chi connectivity index (χ1v) is 7.28. The maximum Gasteiger partial charge on any atom is 0.153 e. The molecule has 19 heavy (non-hydrogen) atoms. The van der Waals surface area contributed by atoms with Gasteiger partial charge in [0.25, 0.3) is 0 Å². The minimum absolute atomic E-state index is 0.0607. The molecular weight excluding hydrogens is 236 g/mol. The van der Waals surface area contributed by atoms with E-state index in [-0.39, 0.29) is 17.1 Å². The first-order valence-electron chi connectivity index (χ1n) is 7.28. The highest BCUT2D eigenvalue weighted by Crippen LogP contribution is 2.77. The zero-order valence-electron chi connectivity index (χ0n) is 11.6. The van der Waals surface area contributed by atoms with Gasteiger partial charge in [-0.05, 0) is 31.4 Å². The fourth-order valence-corrected chi connectivity index (χ4v) is 4.49. The lowest BCUT2D eigenvalue weighted by Gasteiger charge is -2.33. The molecule has 0 unspecified atom stereocenters. The van der Waals surface area contributed by atoms with Gasteiger partial charge in [-0.15, -0.1) is 0 Å². The molecule has 0 radical (unpaired) electrons. The van der Waals surface area contributed by atoms with Crippen LogP contribution in [-0.4, -0.2) is 12.2 Å². The molecular formula is C17H20O2. The molecule has 2 fully saturated rings. The van der Waals surface area contributed by atoms with Crippen LogP contribution in [0.4, 0.5) is 0 Å². The molecule has 1 aromatic rings. The minimum Gasteiger partial charge on any atom is -0.491 e. The summed E-state index contributed by atoms with van der Waals surface area (Å²) in [4.78, 5) is 0. The van der Waals surface area contributed by atoms with Crippen LogP contribution in [0, 0.1) is 18.3 Å². The Kier molecular flexibility index (Phi) is 2.21. The monoisotopic (exact) mass is 256 g/mol. The van der Waals surface area contributed by atoms with E-state index in [0.29, 0.717) is 5.92 Å². The number of rotatable bonds is 2. The first kappa shape index (κ1) is 11.5. The molecule has 1 spiro atoms. The van der Waals surface area contributed by atoms with Crippen LogP contribution in [0.25, 0.3) is 0 Å². The summed E-state index contributed by atoms with van der Waals surface area (Å²) in [5.74, 6) is 0.634. The molecule has 1 aliphatic carbocycles. The Balaban J connectivity index is 1.78. The van der Waals surface area contributed by atoms with Crippen LogP contribution in [-0.2, 0) is 9.47 Å². The Morgan fingerprint density at radius 3 is 2.79 bits per heavy atom. The molecule has 0 N–H and O–H groups in total. The Bertz CT molecular complexity index is 533. The second kappa shape index (κ2) is 3.63. The maximum atomic E-state index is 6.23. The standard InChI is InChI=1S/C17H20O2/c1-3-16-9-11-18-15(13-6-4-12(2)5-7-13)17(16)14(16)8-10-19-17/h4-7,9,11,14-15H,3,8,10H2,1-2H3/t14-,15+,16-,17+/m0/s1. The number of aryl methyl sites for hydroxylation is 1. The number of hydrogen-bond acceptors (Lipinski definition) is 2. The molecule has 4 rings (SSSR count). The van der Waals surface area contributed by atoms with Crippen molar-refractivity contribution >= 4 is 0 Å². The highest BCUT2D eigenvalue weighted by atomic mass is 16.6. The van der Waals surface area contributed by atoms with Crippen molar-refractivity contribution in [2.45, 2.75) is 38.4 Å². The lowest BCUT2D eigenvalue weighted by atomic mass is 9.89. The van der Waals surface area contributed by atoms with Crippen molar-refractivity contribution in [2.75, 3.05) is 6.61 Å².